The van der Waals surface area contributed by atoms with Gasteiger partial charge in [-0.25, -0.2) is 4.79 Å². The Bertz CT molecular complexity index is 965. The Kier molecular flexibility index (Phi) is 8.83. The highest BCUT2D eigenvalue weighted by atomic mass is 32.1. The molecule has 32 heavy (non-hydrogen) atoms. The van der Waals surface area contributed by atoms with Crippen LogP contribution in [0.4, 0.5) is 5.69 Å². The first kappa shape index (κ1) is 24.9. The Labute approximate surface area is 192 Å². The maximum atomic E-state index is 13.1. The molecule has 0 aliphatic carbocycles. The first-order valence-corrected chi connectivity index (χ1v) is 10.7. The van der Waals surface area contributed by atoms with Gasteiger partial charge in [-0.05, 0) is 43.2 Å². The number of nitrogens with one attached hydrogen (secondary N) is 2. The number of rotatable bonds is 12. The summed E-state index contributed by atoms with van der Waals surface area (Å²) in [7, 11) is 0. The standard InChI is InChI=1S/C23H27N3O5S/c1-15(27)17-7-9-19(10-8-17)25-23(22(30)31,12-11-20(24)28)26-21(29)18(14-32)13-16-5-3-2-4-6-16/h2-10,18,25,32H,11-14H2,1H3,(H2,24,28)(H,26,29)(H,30,31)/t18?,23-/m0/s1. The molecule has 9 heteroatoms. The van der Waals surface area contributed by atoms with Crippen molar-refractivity contribution in [3.63, 3.8) is 0 Å². The number of carbonyl (C=O) groups is 4. The van der Waals surface area contributed by atoms with E-state index in [1.54, 1.807) is 12.1 Å². The van der Waals surface area contributed by atoms with E-state index in [1.807, 2.05) is 30.3 Å². The smallest absolute Gasteiger partial charge is 0.350 e. The minimum absolute atomic E-state index is 0.138. The van der Waals surface area contributed by atoms with Crippen LogP contribution in [0, 0.1) is 5.92 Å². The van der Waals surface area contributed by atoms with Crippen LogP contribution in [0.1, 0.15) is 35.7 Å². The summed E-state index contributed by atoms with van der Waals surface area (Å²) in [5.74, 6) is -3.15. The molecule has 0 radical (unpaired) electrons. The monoisotopic (exact) mass is 457 g/mol. The van der Waals surface area contributed by atoms with Crippen LogP contribution in [0.15, 0.2) is 54.6 Å². The van der Waals surface area contributed by atoms with E-state index in [0.29, 0.717) is 17.7 Å². The fourth-order valence-corrected chi connectivity index (χ4v) is 3.46. The molecule has 170 valence electrons. The van der Waals surface area contributed by atoms with E-state index < -0.39 is 29.4 Å². The van der Waals surface area contributed by atoms with Crippen LogP contribution >= 0.6 is 12.6 Å². The lowest BCUT2D eigenvalue weighted by molar-refractivity contribution is -0.147. The molecule has 2 amide bonds. The van der Waals surface area contributed by atoms with Crippen molar-refractivity contribution < 1.29 is 24.3 Å². The maximum Gasteiger partial charge on any atom is 0.350 e. The molecule has 0 saturated heterocycles. The maximum absolute atomic E-state index is 13.1. The zero-order chi connectivity index (χ0) is 23.7. The number of carboxylic acid groups (broad SMARTS) is 1. The number of carboxylic acids is 1. The van der Waals surface area contributed by atoms with Gasteiger partial charge in [-0.1, -0.05) is 30.3 Å². The highest BCUT2D eigenvalue weighted by molar-refractivity contribution is 7.80. The first-order chi connectivity index (χ1) is 15.2. The Morgan fingerprint density at radius 2 is 1.69 bits per heavy atom. The minimum atomic E-state index is -1.98. The van der Waals surface area contributed by atoms with E-state index in [-0.39, 0.29) is 24.4 Å². The molecule has 1 unspecified atom stereocenters. The second kappa shape index (κ2) is 11.3. The van der Waals surface area contributed by atoms with E-state index in [9.17, 15) is 24.3 Å². The number of ketones is 1. The van der Waals surface area contributed by atoms with Gasteiger partial charge < -0.3 is 21.5 Å². The molecule has 8 nitrogen and oxygen atoms in total. The average molecular weight is 458 g/mol. The van der Waals surface area contributed by atoms with Gasteiger partial charge in [0.25, 0.3) is 0 Å². The third kappa shape index (κ3) is 6.84. The number of hydrogen-bond donors (Lipinski definition) is 5. The molecule has 0 spiro atoms. The predicted octanol–water partition coefficient (Wildman–Crippen LogP) is 2.25. The summed E-state index contributed by atoms with van der Waals surface area (Å²) >= 11 is 4.27. The van der Waals surface area contributed by atoms with Crippen LogP contribution in [0.5, 0.6) is 0 Å². The molecule has 0 aromatic heterocycles. The van der Waals surface area contributed by atoms with E-state index >= 15 is 0 Å². The third-order valence-electron chi connectivity index (χ3n) is 5.01. The van der Waals surface area contributed by atoms with Gasteiger partial charge in [0.15, 0.2) is 5.78 Å². The molecule has 2 aromatic rings. The quantitative estimate of drug-likeness (QED) is 0.188. The number of nitrogens with two attached hydrogens (primary N) is 1. The zero-order valence-electron chi connectivity index (χ0n) is 17.7. The van der Waals surface area contributed by atoms with Crippen LogP contribution in [0.2, 0.25) is 0 Å². The Morgan fingerprint density at radius 1 is 1.06 bits per heavy atom. The van der Waals surface area contributed by atoms with Crippen LogP contribution in [-0.2, 0) is 20.8 Å². The molecule has 2 aromatic carbocycles. The molecule has 2 atom stereocenters. The average Bonchev–Trinajstić information content (AvgIpc) is 2.76. The summed E-state index contributed by atoms with van der Waals surface area (Å²) in [4.78, 5) is 48.3. The Balaban J connectivity index is 2.31. The van der Waals surface area contributed by atoms with Gasteiger partial charge in [-0.15, -0.1) is 0 Å². The summed E-state index contributed by atoms with van der Waals surface area (Å²) in [5.41, 5.74) is 4.98. The van der Waals surface area contributed by atoms with Crippen molar-refractivity contribution in [3.05, 3.63) is 65.7 Å². The van der Waals surface area contributed by atoms with Crippen LogP contribution in [0.3, 0.4) is 0 Å². The molecule has 0 aliphatic rings. The Hall–Kier alpha value is -3.33. The number of carbonyl (C=O) groups excluding carboxylic acids is 3. The van der Waals surface area contributed by atoms with Crippen molar-refractivity contribution in [1.82, 2.24) is 5.32 Å². The van der Waals surface area contributed by atoms with Crippen molar-refractivity contribution >= 4 is 41.9 Å². The lowest BCUT2D eigenvalue weighted by atomic mass is 9.97. The van der Waals surface area contributed by atoms with Gasteiger partial charge in [0.05, 0.1) is 5.92 Å². The molecule has 5 N–H and O–H groups in total. The van der Waals surface area contributed by atoms with Gasteiger partial charge in [0, 0.05) is 29.8 Å². The van der Waals surface area contributed by atoms with Crippen LogP contribution in [0.25, 0.3) is 0 Å². The summed E-state index contributed by atoms with van der Waals surface area (Å²) < 4.78 is 0. The largest absolute Gasteiger partial charge is 0.478 e. The number of anilines is 1. The Morgan fingerprint density at radius 3 is 2.19 bits per heavy atom. The number of hydrogen-bond acceptors (Lipinski definition) is 6. The topological polar surface area (TPSA) is 139 Å². The lowest BCUT2D eigenvalue weighted by Crippen LogP contribution is -2.61. The van der Waals surface area contributed by atoms with Crippen molar-refractivity contribution in [2.45, 2.75) is 31.8 Å². The van der Waals surface area contributed by atoms with Gasteiger partial charge in [-0.3, -0.25) is 14.4 Å². The first-order valence-electron chi connectivity index (χ1n) is 10.0. The molecular weight excluding hydrogens is 430 g/mol. The van der Waals surface area contributed by atoms with Gasteiger partial charge >= 0.3 is 5.97 Å². The lowest BCUT2D eigenvalue weighted by Gasteiger charge is -2.33. The number of benzene rings is 2. The highest BCUT2D eigenvalue weighted by Crippen LogP contribution is 2.22. The number of primary amides is 1. The molecule has 0 saturated carbocycles. The fourth-order valence-electron chi connectivity index (χ4n) is 3.17. The summed E-state index contributed by atoms with van der Waals surface area (Å²) in [6.45, 7) is 1.42. The van der Waals surface area contributed by atoms with Gasteiger partial charge in [-0.2, -0.15) is 12.6 Å². The fraction of sp³-hybridized carbons (Fsp3) is 0.304. The summed E-state index contributed by atoms with van der Waals surface area (Å²) in [6, 6.07) is 15.5. The van der Waals surface area contributed by atoms with Crippen molar-refractivity contribution in [2.75, 3.05) is 11.1 Å². The zero-order valence-corrected chi connectivity index (χ0v) is 18.6. The number of thiol groups is 1. The second-order valence-electron chi connectivity index (χ2n) is 7.49. The molecule has 0 bridgehead atoms. The molecule has 0 fully saturated rings. The summed E-state index contributed by atoms with van der Waals surface area (Å²) in [5, 5.41) is 15.4. The number of amides is 2. The minimum Gasteiger partial charge on any atom is -0.478 e. The van der Waals surface area contributed by atoms with Crippen molar-refractivity contribution in [1.29, 1.82) is 0 Å². The van der Waals surface area contributed by atoms with Crippen molar-refractivity contribution in [3.8, 4) is 0 Å². The van der Waals surface area contributed by atoms with Gasteiger partial charge in [0.2, 0.25) is 17.5 Å². The van der Waals surface area contributed by atoms with Crippen LogP contribution in [-0.4, -0.2) is 40.1 Å². The van der Waals surface area contributed by atoms with Crippen molar-refractivity contribution in [2.24, 2.45) is 11.7 Å². The highest BCUT2D eigenvalue weighted by Gasteiger charge is 2.41. The normalized spacial score (nSPS) is 13.4. The molecule has 0 aliphatic heterocycles. The van der Waals surface area contributed by atoms with E-state index in [0.717, 1.165) is 5.56 Å². The SMILES string of the molecule is CC(=O)c1ccc(N[C@@](CCC(N)=O)(NC(=O)C(CS)Cc2ccccc2)C(=O)O)cc1. The summed E-state index contributed by atoms with van der Waals surface area (Å²) in [6.07, 6.45) is -0.174. The second-order valence-corrected chi connectivity index (χ2v) is 7.86. The number of Topliss-reactive ketones (excluding diaryl/α,β-unsaturated/α-hetero) is 1. The van der Waals surface area contributed by atoms with E-state index in [4.69, 9.17) is 5.73 Å². The van der Waals surface area contributed by atoms with E-state index in [2.05, 4.69) is 23.3 Å². The van der Waals surface area contributed by atoms with Crippen LogP contribution < -0.4 is 16.4 Å². The third-order valence-corrected chi connectivity index (χ3v) is 5.45. The molecular formula is C23H27N3O5S. The molecule has 0 heterocycles. The number of aliphatic carboxylic acids is 1. The van der Waals surface area contributed by atoms with E-state index in [1.165, 1.54) is 19.1 Å². The predicted molar refractivity (Wildman–Crippen MR) is 124 cm³/mol. The molecule has 2 rings (SSSR count). The van der Waals surface area contributed by atoms with Gasteiger partial charge in [0.1, 0.15) is 0 Å².